The lowest BCUT2D eigenvalue weighted by atomic mass is 10.2. The van der Waals surface area contributed by atoms with Crippen molar-refractivity contribution in [2.45, 2.75) is 0 Å². The molecule has 15 heavy (non-hydrogen) atoms. The molecule has 0 radical (unpaired) electrons. The maximum absolute atomic E-state index is 11.3. The van der Waals surface area contributed by atoms with Crippen LogP contribution >= 0.6 is 38.5 Å². The highest BCUT2D eigenvalue weighted by molar-refractivity contribution is 14.1. The van der Waals surface area contributed by atoms with Gasteiger partial charge in [0.05, 0.1) is 12.7 Å². The molecule has 0 bridgehead atoms. The van der Waals surface area contributed by atoms with Crippen molar-refractivity contribution in [2.24, 2.45) is 0 Å². The van der Waals surface area contributed by atoms with Crippen LogP contribution in [0.15, 0.2) is 21.0 Å². The van der Waals surface area contributed by atoms with Crippen LogP contribution in [0.5, 0.6) is 0 Å². The van der Waals surface area contributed by atoms with Gasteiger partial charge in [-0.25, -0.2) is 9.78 Å². The minimum absolute atomic E-state index is 0.399. The van der Waals surface area contributed by atoms with Gasteiger partial charge in [-0.15, -0.1) is 0 Å². The number of aromatic nitrogens is 1. The standard InChI is InChI=1S/C9H5BrINO3/c1-14-8(13)4-2-5(10)7-6(3-4)15-9(11)12-7/h2-3H,1H3. The number of rotatable bonds is 1. The molecule has 0 unspecified atom stereocenters. The van der Waals surface area contributed by atoms with Crippen molar-refractivity contribution in [3.63, 3.8) is 0 Å². The van der Waals surface area contributed by atoms with Gasteiger partial charge in [-0.05, 0) is 28.1 Å². The van der Waals surface area contributed by atoms with E-state index in [1.54, 1.807) is 12.1 Å². The van der Waals surface area contributed by atoms with E-state index in [2.05, 4.69) is 25.7 Å². The first-order valence-corrected chi connectivity index (χ1v) is 5.83. The minimum Gasteiger partial charge on any atom is -0.465 e. The number of benzene rings is 1. The van der Waals surface area contributed by atoms with Crippen LogP contribution in [0, 0.1) is 3.90 Å². The number of carbonyl (C=O) groups is 1. The zero-order valence-corrected chi connectivity index (χ0v) is 11.3. The number of carbonyl (C=O) groups excluding carboxylic acids is 1. The van der Waals surface area contributed by atoms with Gasteiger partial charge in [0.25, 0.3) is 3.90 Å². The molecular weight excluding hydrogens is 377 g/mol. The summed E-state index contributed by atoms with van der Waals surface area (Å²) in [6, 6.07) is 3.27. The zero-order valence-electron chi connectivity index (χ0n) is 7.58. The van der Waals surface area contributed by atoms with Gasteiger partial charge in [0.15, 0.2) is 5.58 Å². The number of oxazole rings is 1. The second-order valence-corrected chi connectivity index (χ2v) is 4.54. The molecule has 6 heteroatoms. The van der Waals surface area contributed by atoms with Crippen LogP contribution in [-0.2, 0) is 4.74 Å². The summed E-state index contributed by atoms with van der Waals surface area (Å²) >= 11 is 5.30. The summed E-state index contributed by atoms with van der Waals surface area (Å²) in [6.07, 6.45) is 0. The van der Waals surface area contributed by atoms with Crippen molar-refractivity contribution in [1.82, 2.24) is 4.98 Å². The normalized spacial score (nSPS) is 10.6. The SMILES string of the molecule is COC(=O)c1cc(Br)c2nc(I)oc2c1. The summed E-state index contributed by atoms with van der Waals surface area (Å²) in [5, 5.41) is 0. The Morgan fingerprint density at radius 3 is 3.00 bits per heavy atom. The van der Waals surface area contributed by atoms with E-state index < -0.39 is 5.97 Å². The second kappa shape index (κ2) is 4.09. The summed E-state index contributed by atoms with van der Waals surface area (Å²) in [4.78, 5) is 15.5. The van der Waals surface area contributed by atoms with Crippen molar-refractivity contribution in [1.29, 1.82) is 0 Å². The molecule has 0 saturated heterocycles. The summed E-state index contributed by atoms with van der Waals surface area (Å²) in [5.41, 5.74) is 1.70. The van der Waals surface area contributed by atoms with Gasteiger partial charge in [-0.1, -0.05) is 0 Å². The highest BCUT2D eigenvalue weighted by Crippen LogP contribution is 2.27. The molecule has 0 aliphatic carbocycles. The molecule has 0 amide bonds. The zero-order chi connectivity index (χ0) is 11.0. The molecule has 1 aromatic heterocycles. The van der Waals surface area contributed by atoms with E-state index in [1.165, 1.54) is 7.11 Å². The quantitative estimate of drug-likeness (QED) is 0.563. The molecule has 1 aromatic carbocycles. The predicted molar refractivity (Wildman–Crippen MR) is 65.8 cm³/mol. The molecule has 0 spiro atoms. The fraction of sp³-hybridized carbons (Fsp3) is 0.111. The Labute approximate surface area is 107 Å². The molecule has 0 aliphatic rings. The summed E-state index contributed by atoms with van der Waals surface area (Å²) < 4.78 is 11.2. The Balaban J connectivity index is 2.66. The smallest absolute Gasteiger partial charge is 0.338 e. The van der Waals surface area contributed by atoms with Gasteiger partial charge in [0, 0.05) is 27.1 Å². The van der Waals surface area contributed by atoms with Crippen LogP contribution in [0.4, 0.5) is 0 Å². The van der Waals surface area contributed by atoms with E-state index >= 15 is 0 Å². The van der Waals surface area contributed by atoms with Gasteiger partial charge in [0.1, 0.15) is 5.52 Å². The van der Waals surface area contributed by atoms with E-state index in [4.69, 9.17) is 4.42 Å². The molecule has 0 fully saturated rings. The van der Waals surface area contributed by atoms with Crippen LogP contribution in [0.1, 0.15) is 10.4 Å². The average molecular weight is 382 g/mol. The lowest BCUT2D eigenvalue weighted by Gasteiger charge is -1.99. The van der Waals surface area contributed by atoms with E-state index in [0.29, 0.717) is 25.0 Å². The number of fused-ring (bicyclic) bond motifs is 1. The van der Waals surface area contributed by atoms with Crippen molar-refractivity contribution in [3.8, 4) is 0 Å². The first-order chi connectivity index (χ1) is 7.11. The van der Waals surface area contributed by atoms with E-state index in [-0.39, 0.29) is 0 Å². The molecule has 1 heterocycles. The van der Waals surface area contributed by atoms with Gasteiger partial charge in [-0.2, -0.15) is 0 Å². The average Bonchev–Trinajstić information content (AvgIpc) is 2.58. The topological polar surface area (TPSA) is 52.3 Å². The molecule has 4 nitrogen and oxygen atoms in total. The third kappa shape index (κ3) is 2.00. The molecule has 2 aromatic rings. The lowest BCUT2D eigenvalue weighted by Crippen LogP contribution is -2.00. The largest absolute Gasteiger partial charge is 0.465 e. The van der Waals surface area contributed by atoms with Crippen molar-refractivity contribution < 1.29 is 13.9 Å². The number of nitrogens with zero attached hydrogens (tertiary/aromatic N) is 1. The number of ether oxygens (including phenoxy) is 1. The number of halogens is 2. The molecule has 0 aliphatic heterocycles. The second-order valence-electron chi connectivity index (χ2n) is 2.76. The summed E-state index contributed by atoms with van der Waals surface area (Å²) in [6.45, 7) is 0. The van der Waals surface area contributed by atoms with Crippen molar-refractivity contribution in [3.05, 3.63) is 26.1 Å². The van der Waals surface area contributed by atoms with Crippen molar-refractivity contribution >= 4 is 55.6 Å². The molecule has 2 rings (SSSR count). The van der Waals surface area contributed by atoms with Gasteiger partial charge in [-0.3, -0.25) is 0 Å². The Kier molecular flexibility index (Phi) is 2.96. The Morgan fingerprint density at radius 1 is 1.60 bits per heavy atom. The van der Waals surface area contributed by atoms with Crippen LogP contribution in [-0.4, -0.2) is 18.1 Å². The highest BCUT2D eigenvalue weighted by atomic mass is 127. The van der Waals surface area contributed by atoms with Gasteiger partial charge >= 0.3 is 5.97 Å². The molecule has 0 saturated carbocycles. The van der Waals surface area contributed by atoms with Gasteiger partial charge in [0.2, 0.25) is 0 Å². The lowest BCUT2D eigenvalue weighted by molar-refractivity contribution is 0.0600. The maximum atomic E-state index is 11.3. The Bertz CT molecular complexity index is 537. The number of esters is 1. The number of methoxy groups -OCH3 is 1. The van der Waals surface area contributed by atoms with Crippen LogP contribution in [0.25, 0.3) is 11.1 Å². The molecule has 0 N–H and O–H groups in total. The van der Waals surface area contributed by atoms with E-state index in [9.17, 15) is 4.79 Å². The van der Waals surface area contributed by atoms with E-state index in [1.807, 2.05) is 22.6 Å². The van der Waals surface area contributed by atoms with Crippen LogP contribution in [0.3, 0.4) is 0 Å². The monoisotopic (exact) mass is 381 g/mol. The fourth-order valence-electron chi connectivity index (χ4n) is 1.20. The van der Waals surface area contributed by atoms with Crippen molar-refractivity contribution in [2.75, 3.05) is 7.11 Å². The Hall–Kier alpha value is -0.630. The van der Waals surface area contributed by atoms with Crippen LogP contribution < -0.4 is 0 Å². The predicted octanol–water partition coefficient (Wildman–Crippen LogP) is 2.98. The summed E-state index contributed by atoms with van der Waals surface area (Å²) in [7, 11) is 1.34. The first kappa shape index (κ1) is 10.9. The minimum atomic E-state index is -0.399. The van der Waals surface area contributed by atoms with E-state index in [0.717, 1.165) is 0 Å². The van der Waals surface area contributed by atoms with Crippen LogP contribution in [0.2, 0.25) is 0 Å². The third-order valence-corrected chi connectivity index (χ3v) is 2.91. The fourth-order valence-corrected chi connectivity index (χ4v) is 2.21. The first-order valence-electron chi connectivity index (χ1n) is 3.95. The maximum Gasteiger partial charge on any atom is 0.338 e. The Morgan fingerprint density at radius 2 is 2.33 bits per heavy atom. The summed E-state index contributed by atoms with van der Waals surface area (Å²) in [5.74, 6) is -0.399. The molecular formula is C9H5BrINO3. The molecule has 0 atom stereocenters. The van der Waals surface area contributed by atoms with Gasteiger partial charge < -0.3 is 9.15 Å². The third-order valence-electron chi connectivity index (χ3n) is 1.84. The number of hydrogen-bond donors (Lipinski definition) is 0. The highest BCUT2D eigenvalue weighted by Gasteiger charge is 2.13. The molecule has 78 valence electrons. The number of hydrogen-bond acceptors (Lipinski definition) is 4.